The number of rotatable bonds is 5. The summed E-state index contributed by atoms with van der Waals surface area (Å²) < 4.78 is 32.2. The predicted molar refractivity (Wildman–Crippen MR) is 91.3 cm³/mol. The molecule has 3 heterocycles. The van der Waals surface area contributed by atoms with Gasteiger partial charge in [-0.1, -0.05) is 0 Å². The highest BCUT2D eigenvalue weighted by molar-refractivity contribution is 7.89. The second kappa shape index (κ2) is 6.92. The van der Waals surface area contributed by atoms with Gasteiger partial charge in [-0.2, -0.15) is 4.31 Å². The number of pyridine rings is 1. The lowest BCUT2D eigenvalue weighted by Gasteiger charge is -2.31. The summed E-state index contributed by atoms with van der Waals surface area (Å²) in [5, 5.41) is 0. The fourth-order valence-corrected chi connectivity index (χ4v) is 4.01. The van der Waals surface area contributed by atoms with E-state index in [4.69, 9.17) is 4.42 Å². The van der Waals surface area contributed by atoms with Crippen LogP contribution in [0.15, 0.2) is 46.0 Å². The largest absolute Gasteiger partial charge is 0.467 e. The minimum absolute atomic E-state index is 0.238. The van der Waals surface area contributed by atoms with E-state index >= 15 is 0 Å². The monoisotopic (exact) mass is 350 g/mol. The van der Waals surface area contributed by atoms with Crippen LogP contribution in [-0.2, 0) is 16.6 Å². The molecule has 0 aliphatic carbocycles. The molecule has 3 rings (SSSR count). The molecule has 0 N–H and O–H groups in total. The summed E-state index contributed by atoms with van der Waals surface area (Å²) in [5.74, 6) is 1.53. The number of aromatic nitrogens is 1. The average molecular weight is 350 g/mol. The van der Waals surface area contributed by atoms with Crippen molar-refractivity contribution in [1.82, 2.24) is 14.2 Å². The minimum Gasteiger partial charge on any atom is -0.467 e. The highest BCUT2D eigenvalue weighted by Gasteiger charge is 2.27. The van der Waals surface area contributed by atoms with Crippen molar-refractivity contribution in [3.05, 3.63) is 42.5 Å². The number of sulfonamides is 1. The Balaban J connectivity index is 1.71. The minimum atomic E-state index is -3.47. The summed E-state index contributed by atoms with van der Waals surface area (Å²) in [7, 11) is 0.413. The van der Waals surface area contributed by atoms with Crippen LogP contribution in [0.3, 0.4) is 0 Å². The van der Waals surface area contributed by atoms with Crippen molar-refractivity contribution in [2.45, 2.75) is 11.4 Å². The Kier molecular flexibility index (Phi) is 4.88. The van der Waals surface area contributed by atoms with Crippen LogP contribution >= 0.6 is 0 Å². The maximum atomic E-state index is 12.7. The molecule has 0 aromatic carbocycles. The van der Waals surface area contributed by atoms with Crippen molar-refractivity contribution in [3.63, 3.8) is 0 Å². The Labute approximate surface area is 142 Å². The molecule has 0 radical (unpaired) electrons. The van der Waals surface area contributed by atoms with Crippen LogP contribution < -0.4 is 4.90 Å². The molecule has 8 heteroatoms. The summed E-state index contributed by atoms with van der Waals surface area (Å²) in [6.45, 7) is 3.09. The van der Waals surface area contributed by atoms with E-state index in [-0.39, 0.29) is 4.90 Å². The van der Waals surface area contributed by atoms with Crippen LogP contribution in [0.5, 0.6) is 0 Å². The van der Waals surface area contributed by atoms with E-state index in [2.05, 4.69) is 9.88 Å². The van der Waals surface area contributed by atoms with Gasteiger partial charge in [-0.3, -0.25) is 0 Å². The summed E-state index contributed by atoms with van der Waals surface area (Å²) in [4.78, 5) is 8.57. The van der Waals surface area contributed by atoms with Gasteiger partial charge < -0.3 is 14.2 Å². The molecular formula is C16H22N4O3S. The molecule has 2 aromatic rings. The van der Waals surface area contributed by atoms with Gasteiger partial charge in [0, 0.05) is 39.4 Å². The van der Waals surface area contributed by atoms with Crippen LogP contribution in [0, 0.1) is 0 Å². The van der Waals surface area contributed by atoms with E-state index in [0.29, 0.717) is 25.5 Å². The second-order valence-electron chi connectivity index (χ2n) is 5.99. The van der Waals surface area contributed by atoms with Crippen LogP contribution in [0.25, 0.3) is 0 Å². The molecule has 0 saturated carbocycles. The van der Waals surface area contributed by atoms with Gasteiger partial charge in [-0.15, -0.1) is 0 Å². The Hall–Kier alpha value is -1.90. The quantitative estimate of drug-likeness (QED) is 0.808. The number of furan rings is 1. The molecular weight excluding hydrogens is 328 g/mol. The van der Waals surface area contributed by atoms with Gasteiger partial charge in [0.15, 0.2) is 0 Å². The fraction of sp³-hybridized carbons (Fsp3) is 0.438. The van der Waals surface area contributed by atoms with Crippen molar-refractivity contribution in [2.24, 2.45) is 0 Å². The van der Waals surface area contributed by atoms with E-state index in [1.54, 1.807) is 18.4 Å². The first-order valence-electron chi connectivity index (χ1n) is 7.85. The standard InChI is InChI=1S/C16H22N4O3S/c1-18-7-9-20(10-8-18)24(21,22)15-5-6-16(17-12-15)19(2)13-14-4-3-11-23-14/h3-6,11-12H,7-10,13H2,1-2H3. The molecule has 1 aliphatic heterocycles. The van der Waals surface area contributed by atoms with Crippen molar-refractivity contribution < 1.29 is 12.8 Å². The van der Waals surface area contributed by atoms with Gasteiger partial charge in [0.1, 0.15) is 16.5 Å². The third-order valence-electron chi connectivity index (χ3n) is 4.18. The number of anilines is 1. The number of likely N-dealkylation sites (N-methyl/N-ethyl adjacent to an activating group) is 1. The zero-order valence-electron chi connectivity index (χ0n) is 13.9. The lowest BCUT2D eigenvalue weighted by atomic mass is 10.4. The first-order valence-corrected chi connectivity index (χ1v) is 9.29. The molecule has 7 nitrogen and oxygen atoms in total. The molecule has 0 atom stereocenters. The highest BCUT2D eigenvalue weighted by Crippen LogP contribution is 2.20. The van der Waals surface area contributed by atoms with Crippen LogP contribution in [0.1, 0.15) is 5.76 Å². The number of nitrogens with zero attached hydrogens (tertiary/aromatic N) is 4. The molecule has 1 aliphatic rings. The van der Waals surface area contributed by atoms with E-state index in [1.165, 1.54) is 10.5 Å². The molecule has 1 saturated heterocycles. The fourth-order valence-electron chi connectivity index (χ4n) is 2.65. The third-order valence-corrected chi connectivity index (χ3v) is 6.07. The van der Waals surface area contributed by atoms with Crippen molar-refractivity contribution in [1.29, 1.82) is 0 Å². The van der Waals surface area contributed by atoms with Crippen LogP contribution in [0.2, 0.25) is 0 Å². The summed E-state index contributed by atoms with van der Waals surface area (Å²) >= 11 is 0. The Bertz CT molecular complexity index is 751. The Morgan fingerprint density at radius 2 is 1.96 bits per heavy atom. The highest BCUT2D eigenvalue weighted by atomic mass is 32.2. The van der Waals surface area contributed by atoms with Gasteiger partial charge in [0.25, 0.3) is 0 Å². The Morgan fingerprint density at radius 3 is 2.54 bits per heavy atom. The summed E-state index contributed by atoms with van der Waals surface area (Å²) in [6, 6.07) is 7.07. The van der Waals surface area contributed by atoms with E-state index in [1.807, 2.05) is 31.1 Å². The number of hydrogen-bond donors (Lipinski definition) is 0. The number of piperazine rings is 1. The molecule has 2 aromatic heterocycles. The molecule has 0 spiro atoms. The lowest BCUT2D eigenvalue weighted by molar-refractivity contribution is 0.222. The SMILES string of the molecule is CN1CCN(S(=O)(=O)c2ccc(N(C)Cc3ccco3)nc2)CC1. The Morgan fingerprint density at radius 1 is 1.21 bits per heavy atom. The molecule has 130 valence electrons. The summed E-state index contributed by atoms with van der Waals surface area (Å²) in [6.07, 6.45) is 3.06. The molecule has 0 unspecified atom stereocenters. The van der Waals surface area contributed by atoms with E-state index in [0.717, 1.165) is 18.8 Å². The topological polar surface area (TPSA) is 69.9 Å². The van der Waals surface area contributed by atoms with E-state index in [9.17, 15) is 8.42 Å². The zero-order valence-corrected chi connectivity index (χ0v) is 14.7. The normalized spacial score (nSPS) is 17.1. The first kappa shape index (κ1) is 16.9. The summed E-state index contributed by atoms with van der Waals surface area (Å²) in [5.41, 5.74) is 0. The van der Waals surface area contributed by atoms with Crippen molar-refractivity contribution >= 4 is 15.8 Å². The smallest absolute Gasteiger partial charge is 0.244 e. The number of hydrogen-bond acceptors (Lipinski definition) is 6. The van der Waals surface area contributed by atoms with Gasteiger partial charge in [0.2, 0.25) is 10.0 Å². The molecule has 1 fully saturated rings. The first-order chi connectivity index (χ1) is 11.5. The maximum Gasteiger partial charge on any atom is 0.244 e. The van der Waals surface area contributed by atoms with E-state index < -0.39 is 10.0 Å². The van der Waals surface area contributed by atoms with Gasteiger partial charge >= 0.3 is 0 Å². The molecule has 0 amide bonds. The van der Waals surface area contributed by atoms with Crippen LogP contribution in [-0.4, -0.2) is 62.9 Å². The van der Waals surface area contributed by atoms with Crippen molar-refractivity contribution in [3.8, 4) is 0 Å². The maximum absolute atomic E-state index is 12.7. The van der Waals surface area contributed by atoms with Crippen molar-refractivity contribution in [2.75, 3.05) is 45.2 Å². The van der Waals surface area contributed by atoms with Gasteiger partial charge in [-0.25, -0.2) is 13.4 Å². The average Bonchev–Trinajstić information content (AvgIpc) is 3.08. The molecule has 24 heavy (non-hydrogen) atoms. The lowest BCUT2D eigenvalue weighted by Crippen LogP contribution is -2.47. The second-order valence-corrected chi connectivity index (χ2v) is 7.93. The van der Waals surface area contributed by atoms with Crippen LogP contribution in [0.4, 0.5) is 5.82 Å². The molecule has 0 bridgehead atoms. The van der Waals surface area contributed by atoms with Gasteiger partial charge in [-0.05, 0) is 31.3 Å². The third kappa shape index (κ3) is 3.61. The van der Waals surface area contributed by atoms with Gasteiger partial charge in [0.05, 0.1) is 12.8 Å². The predicted octanol–water partition coefficient (Wildman–Crippen LogP) is 1.25. The zero-order chi connectivity index (χ0) is 17.2.